The van der Waals surface area contributed by atoms with Gasteiger partial charge in [-0.3, -0.25) is 9.59 Å². The number of amides is 1. The molecule has 0 aliphatic rings. The summed E-state index contributed by atoms with van der Waals surface area (Å²) in [6.45, 7) is 0. The Balaban J connectivity index is 2.53. The molecule has 6 heteroatoms. The van der Waals surface area contributed by atoms with Crippen LogP contribution in [0.1, 0.15) is 6.42 Å². The van der Waals surface area contributed by atoms with Crippen LogP contribution in [0.3, 0.4) is 0 Å². The minimum atomic E-state index is -1.20. The summed E-state index contributed by atoms with van der Waals surface area (Å²) < 4.78 is 4.96. The second-order valence-electron chi connectivity index (χ2n) is 3.43. The van der Waals surface area contributed by atoms with Gasteiger partial charge in [-0.05, 0) is 24.3 Å². The first-order chi connectivity index (χ1) is 8.02. The molecule has 1 aromatic rings. The smallest absolute Gasteiger partial charge is 0.321 e. The van der Waals surface area contributed by atoms with Crippen molar-refractivity contribution in [2.45, 2.75) is 12.5 Å². The summed E-state index contributed by atoms with van der Waals surface area (Å²) in [4.78, 5) is 21.8. The van der Waals surface area contributed by atoms with E-state index < -0.39 is 17.9 Å². The average Bonchev–Trinajstić information content (AvgIpc) is 2.29. The fourth-order valence-electron chi connectivity index (χ4n) is 1.17. The minimum absolute atomic E-state index is 0.263. The molecule has 1 rings (SSSR count). The minimum Gasteiger partial charge on any atom is -0.497 e. The van der Waals surface area contributed by atoms with Crippen LogP contribution in [0.2, 0.25) is 0 Å². The predicted octanol–water partition coefficient (Wildman–Crippen LogP) is 0.436. The van der Waals surface area contributed by atoms with Crippen molar-refractivity contribution >= 4 is 17.6 Å². The van der Waals surface area contributed by atoms with E-state index in [-0.39, 0.29) is 6.42 Å². The highest BCUT2D eigenvalue weighted by Crippen LogP contribution is 2.15. The number of carbonyl (C=O) groups is 2. The van der Waals surface area contributed by atoms with Gasteiger partial charge < -0.3 is 20.9 Å². The average molecular weight is 238 g/mol. The number of hydrogen-bond donors (Lipinski definition) is 3. The second-order valence-corrected chi connectivity index (χ2v) is 3.43. The quantitative estimate of drug-likeness (QED) is 0.690. The highest BCUT2D eigenvalue weighted by Gasteiger charge is 2.16. The van der Waals surface area contributed by atoms with Crippen molar-refractivity contribution in [3.63, 3.8) is 0 Å². The number of anilines is 1. The lowest BCUT2D eigenvalue weighted by molar-refractivity contribution is -0.140. The van der Waals surface area contributed by atoms with Crippen LogP contribution < -0.4 is 15.8 Å². The van der Waals surface area contributed by atoms with Gasteiger partial charge in [0.05, 0.1) is 13.5 Å². The monoisotopic (exact) mass is 238 g/mol. The maximum absolute atomic E-state index is 11.4. The molecule has 0 aromatic heterocycles. The molecule has 1 amide bonds. The fourth-order valence-corrected chi connectivity index (χ4v) is 1.17. The molecule has 0 fully saturated rings. The zero-order chi connectivity index (χ0) is 12.8. The maximum atomic E-state index is 11.4. The number of methoxy groups -OCH3 is 1. The number of ether oxygens (including phenoxy) is 1. The van der Waals surface area contributed by atoms with Crippen molar-refractivity contribution in [3.05, 3.63) is 24.3 Å². The van der Waals surface area contributed by atoms with E-state index >= 15 is 0 Å². The van der Waals surface area contributed by atoms with E-state index in [9.17, 15) is 9.59 Å². The van der Waals surface area contributed by atoms with E-state index in [1.807, 2.05) is 0 Å². The molecule has 0 unspecified atom stereocenters. The molecule has 0 heterocycles. The number of carboxylic acid groups (broad SMARTS) is 1. The van der Waals surface area contributed by atoms with Crippen LogP contribution in [-0.2, 0) is 9.59 Å². The maximum Gasteiger partial charge on any atom is 0.321 e. The van der Waals surface area contributed by atoms with Crippen LogP contribution in [0, 0.1) is 0 Å². The molecule has 4 N–H and O–H groups in total. The first kappa shape index (κ1) is 13.0. The van der Waals surface area contributed by atoms with Gasteiger partial charge in [-0.2, -0.15) is 0 Å². The molecule has 1 aromatic carbocycles. The van der Waals surface area contributed by atoms with Gasteiger partial charge in [0.15, 0.2) is 0 Å². The van der Waals surface area contributed by atoms with Crippen LogP contribution in [0.5, 0.6) is 5.75 Å². The first-order valence-corrected chi connectivity index (χ1v) is 4.95. The Labute approximate surface area is 98.4 Å². The summed E-state index contributed by atoms with van der Waals surface area (Å²) in [7, 11) is 1.54. The number of hydrogen-bond acceptors (Lipinski definition) is 4. The summed E-state index contributed by atoms with van der Waals surface area (Å²) in [5, 5.41) is 11.1. The third-order valence-electron chi connectivity index (χ3n) is 2.10. The van der Waals surface area contributed by atoms with Crippen molar-refractivity contribution in [1.82, 2.24) is 0 Å². The van der Waals surface area contributed by atoms with Gasteiger partial charge in [0.25, 0.3) is 0 Å². The largest absolute Gasteiger partial charge is 0.497 e. The van der Waals surface area contributed by atoms with Crippen molar-refractivity contribution in [2.75, 3.05) is 12.4 Å². The molecule has 0 aliphatic heterocycles. The number of rotatable bonds is 5. The number of benzene rings is 1. The van der Waals surface area contributed by atoms with Gasteiger partial charge in [-0.1, -0.05) is 0 Å². The van der Waals surface area contributed by atoms with E-state index in [2.05, 4.69) is 5.32 Å². The van der Waals surface area contributed by atoms with Crippen molar-refractivity contribution in [3.8, 4) is 5.75 Å². The third kappa shape index (κ3) is 4.12. The Morgan fingerprint density at radius 3 is 2.47 bits per heavy atom. The normalized spacial score (nSPS) is 11.6. The van der Waals surface area contributed by atoms with Gasteiger partial charge in [0.2, 0.25) is 5.91 Å². The standard InChI is InChI=1S/C11H14N2O4/c1-17-8-4-2-7(3-5-8)13-10(14)6-9(12)11(15)16/h2-5,9H,6,12H2,1H3,(H,13,14)(H,15,16)/t9-/m0/s1. The molecule has 0 aliphatic carbocycles. The molecule has 0 bridgehead atoms. The van der Waals surface area contributed by atoms with Crippen LogP contribution in [0.4, 0.5) is 5.69 Å². The summed E-state index contributed by atoms with van der Waals surface area (Å²) in [6, 6.07) is 5.50. The summed E-state index contributed by atoms with van der Waals surface area (Å²) >= 11 is 0. The van der Waals surface area contributed by atoms with Crippen LogP contribution in [0.15, 0.2) is 24.3 Å². The molecular weight excluding hydrogens is 224 g/mol. The van der Waals surface area contributed by atoms with Crippen molar-refractivity contribution < 1.29 is 19.4 Å². The Hall–Kier alpha value is -2.08. The molecular formula is C11H14N2O4. The lowest BCUT2D eigenvalue weighted by Crippen LogP contribution is -2.34. The van der Waals surface area contributed by atoms with Gasteiger partial charge in [-0.15, -0.1) is 0 Å². The Morgan fingerprint density at radius 2 is 2.00 bits per heavy atom. The van der Waals surface area contributed by atoms with E-state index in [0.717, 1.165) is 0 Å². The number of carbonyl (C=O) groups excluding carboxylic acids is 1. The zero-order valence-electron chi connectivity index (χ0n) is 9.34. The van der Waals surface area contributed by atoms with Crippen LogP contribution in [0.25, 0.3) is 0 Å². The van der Waals surface area contributed by atoms with Gasteiger partial charge in [0.1, 0.15) is 11.8 Å². The number of aliphatic carboxylic acids is 1. The van der Waals surface area contributed by atoms with Crippen molar-refractivity contribution in [2.24, 2.45) is 5.73 Å². The summed E-state index contributed by atoms with van der Waals surface area (Å²) in [6.07, 6.45) is -0.263. The highest BCUT2D eigenvalue weighted by molar-refractivity contribution is 5.93. The molecule has 92 valence electrons. The van der Waals surface area contributed by atoms with Gasteiger partial charge in [-0.25, -0.2) is 0 Å². The molecule has 17 heavy (non-hydrogen) atoms. The van der Waals surface area contributed by atoms with E-state index in [1.165, 1.54) is 0 Å². The third-order valence-corrected chi connectivity index (χ3v) is 2.10. The lowest BCUT2D eigenvalue weighted by atomic mass is 10.2. The first-order valence-electron chi connectivity index (χ1n) is 4.95. The topological polar surface area (TPSA) is 102 Å². The summed E-state index contributed by atoms with van der Waals surface area (Å²) in [5.74, 6) is -0.967. The number of nitrogens with one attached hydrogen (secondary N) is 1. The molecule has 1 atom stereocenters. The Kier molecular flexibility index (Phi) is 4.47. The SMILES string of the molecule is COc1ccc(NC(=O)C[C@H](N)C(=O)O)cc1. The lowest BCUT2D eigenvalue weighted by Gasteiger charge is -2.08. The number of carboxylic acids is 1. The molecule has 0 radical (unpaired) electrons. The second kappa shape index (κ2) is 5.86. The number of nitrogens with two attached hydrogens (primary N) is 1. The fraction of sp³-hybridized carbons (Fsp3) is 0.273. The van der Waals surface area contributed by atoms with Crippen LogP contribution in [-0.4, -0.2) is 30.1 Å². The Morgan fingerprint density at radius 1 is 1.41 bits per heavy atom. The highest BCUT2D eigenvalue weighted by atomic mass is 16.5. The van der Waals surface area contributed by atoms with E-state index in [0.29, 0.717) is 11.4 Å². The predicted molar refractivity (Wildman–Crippen MR) is 61.9 cm³/mol. The molecule has 0 saturated carbocycles. The van der Waals surface area contributed by atoms with Gasteiger partial charge in [0, 0.05) is 5.69 Å². The summed E-state index contributed by atoms with van der Waals surface area (Å²) in [5.41, 5.74) is 5.80. The van der Waals surface area contributed by atoms with Crippen LogP contribution >= 0.6 is 0 Å². The van der Waals surface area contributed by atoms with E-state index in [1.54, 1.807) is 31.4 Å². The molecule has 0 spiro atoms. The Bertz CT molecular complexity index is 402. The molecule has 6 nitrogen and oxygen atoms in total. The van der Waals surface area contributed by atoms with Gasteiger partial charge >= 0.3 is 5.97 Å². The van der Waals surface area contributed by atoms with Crippen molar-refractivity contribution in [1.29, 1.82) is 0 Å². The zero-order valence-corrected chi connectivity index (χ0v) is 9.34. The molecule has 0 saturated heterocycles. The van der Waals surface area contributed by atoms with E-state index in [4.69, 9.17) is 15.6 Å².